The van der Waals surface area contributed by atoms with E-state index in [0.717, 1.165) is 12.1 Å². The number of nitrogens with zero attached hydrogens (tertiary/aromatic N) is 1. The van der Waals surface area contributed by atoms with E-state index >= 15 is 0 Å². The summed E-state index contributed by atoms with van der Waals surface area (Å²) in [6.45, 7) is -2.12. The van der Waals surface area contributed by atoms with E-state index in [1.54, 1.807) is 5.32 Å². The minimum absolute atomic E-state index is 0.273. The fourth-order valence-electron chi connectivity index (χ4n) is 1.48. The van der Waals surface area contributed by atoms with Crippen molar-refractivity contribution in [1.82, 2.24) is 5.32 Å². The van der Waals surface area contributed by atoms with Crippen LogP contribution < -0.4 is 10.6 Å². The molecule has 0 saturated carbocycles. The zero-order valence-electron chi connectivity index (χ0n) is 10.8. The maximum absolute atomic E-state index is 12.7. The summed E-state index contributed by atoms with van der Waals surface area (Å²) in [5, 5.41) is 12.4. The average Bonchev–Trinajstić information content (AvgIpc) is 2.36. The van der Waals surface area contributed by atoms with Crippen LogP contribution >= 0.6 is 0 Å². The lowest BCUT2D eigenvalue weighted by Gasteiger charge is -2.12. The molecule has 0 aliphatic carbocycles. The van der Waals surface area contributed by atoms with Crippen LogP contribution in [0.2, 0.25) is 0 Å². The summed E-state index contributed by atoms with van der Waals surface area (Å²) in [5.74, 6) is -0.943. The van der Waals surface area contributed by atoms with Crippen molar-refractivity contribution in [2.24, 2.45) is 0 Å². The Bertz CT molecular complexity index is 588. The maximum Gasteiger partial charge on any atom is 0.417 e. The fourth-order valence-corrected chi connectivity index (χ4v) is 1.48. The molecule has 1 aromatic carbocycles. The van der Waals surface area contributed by atoms with E-state index in [4.69, 9.17) is 5.26 Å². The quantitative estimate of drug-likeness (QED) is 0.837. The van der Waals surface area contributed by atoms with Crippen molar-refractivity contribution >= 4 is 11.6 Å². The average molecular weight is 325 g/mol. The van der Waals surface area contributed by atoms with Gasteiger partial charge in [-0.3, -0.25) is 4.79 Å². The molecule has 10 heteroatoms. The van der Waals surface area contributed by atoms with Crippen molar-refractivity contribution in [3.63, 3.8) is 0 Å². The molecule has 0 atom stereocenters. The van der Waals surface area contributed by atoms with Crippen LogP contribution in [0.4, 0.5) is 32.0 Å². The second-order valence-corrected chi connectivity index (χ2v) is 4.14. The first kappa shape index (κ1) is 17.8. The number of carbonyl (C=O) groups is 1. The van der Waals surface area contributed by atoms with Gasteiger partial charge >= 0.3 is 12.4 Å². The molecule has 1 aromatic rings. The summed E-state index contributed by atoms with van der Waals surface area (Å²) >= 11 is 0. The monoisotopic (exact) mass is 325 g/mol. The van der Waals surface area contributed by atoms with Gasteiger partial charge in [0.2, 0.25) is 5.91 Å². The summed E-state index contributed by atoms with van der Waals surface area (Å²) in [5.41, 5.74) is -2.14. The molecular weight excluding hydrogens is 316 g/mol. The van der Waals surface area contributed by atoms with Gasteiger partial charge in [0.1, 0.15) is 0 Å². The van der Waals surface area contributed by atoms with Crippen LogP contribution in [-0.2, 0) is 11.0 Å². The predicted octanol–water partition coefficient (Wildman–Crippen LogP) is 2.67. The Morgan fingerprint density at radius 1 is 1.18 bits per heavy atom. The maximum atomic E-state index is 12.7. The summed E-state index contributed by atoms with van der Waals surface area (Å²) in [6, 6.07) is 3.82. The third kappa shape index (κ3) is 5.61. The largest absolute Gasteiger partial charge is 0.417 e. The zero-order chi connectivity index (χ0) is 17.0. The number of hydrogen-bond acceptors (Lipinski definition) is 3. The third-order valence-electron chi connectivity index (χ3n) is 2.34. The van der Waals surface area contributed by atoms with E-state index in [-0.39, 0.29) is 5.69 Å². The third-order valence-corrected chi connectivity index (χ3v) is 2.34. The number of nitrogens with one attached hydrogen (secondary N) is 2. The lowest BCUT2D eigenvalue weighted by molar-refractivity contribution is -0.137. The topological polar surface area (TPSA) is 64.9 Å². The smallest absolute Gasteiger partial charge is 0.325 e. The highest BCUT2D eigenvalue weighted by Crippen LogP contribution is 2.33. The van der Waals surface area contributed by atoms with Gasteiger partial charge in [-0.05, 0) is 18.2 Å². The van der Waals surface area contributed by atoms with Gasteiger partial charge in [-0.2, -0.15) is 31.6 Å². The standard InChI is InChI=1S/C12H9F6N3O/c13-11(14,15)6-20-5-10(22)21-8-2-1-7(4-19)9(3-8)12(16,17)18/h1-3,20H,5-6H2,(H,21,22). The summed E-state index contributed by atoms with van der Waals surface area (Å²) in [4.78, 5) is 11.3. The summed E-state index contributed by atoms with van der Waals surface area (Å²) < 4.78 is 73.6. The van der Waals surface area contributed by atoms with Gasteiger partial charge in [-0.15, -0.1) is 0 Å². The molecule has 0 aromatic heterocycles. The van der Waals surface area contributed by atoms with Gasteiger partial charge in [-0.25, -0.2) is 0 Å². The number of hydrogen-bond donors (Lipinski definition) is 2. The highest BCUT2D eigenvalue weighted by atomic mass is 19.4. The van der Waals surface area contributed by atoms with Crippen LogP contribution in [-0.4, -0.2) is 25.2 Å². The number of benzene rings is 1. The molecule has 0 aliphatic heterocycles. The van der Waals surface area contributed by atoms with E-state index in [1.807, 2.05) is 5.32 Å². The Labute approximate surface area is 120 Å². The molecule has 0 heterocycles. The molecule has 120 valence electrons. The van der Waals surface area contributed by atoms with Gasteiger partial charge in [-0.1, -0.05) is 0 Å². The lowest BCUT2D eigenvalue weighted by Crippen LogP contribution is -2.35. The summed E-state index contributed by atoms with van der Waals surface area (Å²) in [7, 11) is 0. The van der Waals surface area contributed by atoms with Crippen molar-refractivity contribution < 1.29 is 31.1 Å². The number of halogens is 6. The number of nitriles is 1. The molecule has 0 spiro atoms. The Kier molecular flexibility index (Phi) is 5.38. The van der Waals surface area contributed by atoms with Crippen molar-refractivity contribution in [2.75, 3.05) is 18.4 Å². The van der Waals surface area contributed by atoms with Crippen molar-refractivity contribution in [3.05, 3.63) is 29.3 Å². The first-order valence-electron chi connectivity index (χ1n) is 5.71. The normalized spacial score (nSPS) is 11.9. The first-order chi connectivity index (χ1) is 10.0. The van der Waals surface area contributed by atoms with Gasteiger partial charge in [0.15, 0.2) is 0 Å². The van der Waals surface area contributed by atoms with E-state index in [2.05, 4.69) is 0 Å². The first-order valence-corrected chi connectivity index (χ1v) is 5.71. The molecule has 0 unspecified atom stereocenters. The van der Waals surface area contributed by atoms with Crippen molar-refractivity contribution in [2.45, 2.75) is 12.4 Å². The van der Waals surface area contributed by atoms with Crippen LogP contribution in [0.5, 0.6) is 0 Å². The number of amides is 1. The van der Waals surface area contributed by atoms with E-state index in [1.165, 1.54) is 6.07 Å². The van der Waals surface area contributed by atoms with Crippen LogP contribution in [0.1, 0.15) is 11.1 Å². The predicted molar refractivity (Wildman–Crippen MR) is 63.7 cm³/mol. The Morgan fingerprint density at radius 2 is 1.82 bits per heavy atom. The fraction of sp³-hybridized carbons (Fsp3) is 0.333. The summed E-state index contributed by atoms with van der Waals surface area (Å²) in [6.07, 6.45) is -9.29. The molecule has 2 N–H and O–H groups in total. The minimum atomic E-state index is -4.79. The molecule has 1 amide bonds. The Balaban J connectivity index is 2.75. The molecule has 1 rings (SSSR count). The Morgan fingerprint density at radius 3 is 2.32 bits per heavy atom. The minimum Gasteiger partial charge on any atom is -0.325 e. The SMILES string of the molecule is N#Cc1ccc(NC(=O)CNCC(F)(F)F)cc1C(F)(F)F. The number of alkyl halides is 6. The van der Waals surface area contributed by atoms with E-state index in [9.17, 15) is 31.1 Å². The second-order valence-electron chi connectivity index (χ2n) is 4.14. The van der Waals surface area contributed by atoms with Gasteiger partial charge < -0.3 is 10.6 Å². The molecule has 0 fully saturated rings. The van der Waals surface area contributed by atoms with Crippen LogP contribution in [0.15, 0.2) is 18.2 Å². The second kappa shape index (κ2) is 6.65. The van der Waals surface area contributed by atoms with Crippen molar-refractivity contribution in [1.29, 1.82) is 5.26 Å². The van der Waals surface area contributed by atoms with Gasteiger partial charge in [0, 0.05) is 5.69 Å². The molecule has 0 saturated heterocycles. The zero-order valence-corrected chi connectivity index (χ0v) is 10.8. The van der Waals surface area contributed by atoms with Crippen LogP contribution in [0.25, 0.3) is 0 Å². The van der Waals surface area contributed by atoms with E-state index in [0.29, 0.717) is 6.07 Å². The lowest BCUT2D eigenvalue weighted by atomic mass is 10.1. The number of rotatable bonds is 4. The van der Waals surface area contributed by atoms with E-state index < -0.39 is 42.5 Å². The highest BCUT2D eigenvalue weighted by molar-refractivity contribution is 5.92. The molecule has 0 radical (unpaired) electrons. The number of carbonyl (C=O) groups excluding carboxylic acids is 1. The van der Waals surface area contributed by atoms with Crippen molar-refractivity contribution in [3.8, 4) is 6.07 Å². The highest BCUT2D eigenvalue weighted by Gasteiger charge is 2.34. The molecular formula is C12H9F6N3O. The molecule has 22 heavy (non-hydrogen) atoms. The number of anilines is 1. The van der Waals surface area contributed by atoms with Crippen LogP contribution in [0, 0.1) is 11.3 Å². The van der Waals surface area contributed by atoms with Gasteiger partial charge in [0.25, 0.3) is 0 Å². The molecule has 0 bridgehead atoms. The Hall–Kier alpha value is -2.28. The molecule has 4 nitrogen and oxygen atoms in total. The van der Waals surface area contributed by atoms with Crippen LogP contribution in [0.3, 0.4) is 0 Å². The molecule has 0 aliphatic rings. The van der Waals surface area contributed by atoms with Gasteiger partial charge in [0.05, 0.1) is 30.3 Å².